The molecule has 1 fully saturated rings. The standard InChI is InChI=1S/C15H12N2O6S3/c1-8(18)24-15-13(16-11(19)6-12(16)25-26-15)14(20)23-7-9-2-4-10(5-3-9)17(21)22/h2-5,12H,6-7H2,1H3. The number of thioether (sulfide) groups is 1. The number of carbonyl (C=O) groups is 3. The van der Waals surface area contributed by atoms with Crippen LogP contribution in [-0.2, 0) is 25.7 Å². The predicted octanol–water partition coefficient (Wildman–Crippen LogP) is 3.04. The summed E-state index contributed by atoms with van der Waals surface area (Å²) in [5.41, 5.74) is 0.615. The molecule has 11 heteroatoms. The second-order valence-corrected chi connectivity index (χ2v) is 9.17. The van der Waals surface area contributed by atoms with Crippen molar-refractivity contribution in [2.45, 2.75) is 25.3 Å². The average Bonchev–Trinajstić information content (AvgIpc) is 2.59. The molecule has 1 aromatic carbocycles. The monoisotopic (exact) mass is 412 g/mol. The van der Waals surface area contributed by atoms with Crippen LogP contribution in [0.25, 0.3) is 0 Å². The molecule has 3 rings (SSSR count). The number of nitrogens with zero attached hydrogens (tertiary/aromatic N) is 2. The molecule has 0 aliphatic carbocycles. The van der Waals surface area contributed by atoms with Gasteiger partial charge in [-0.3, -0.25) is 24.6 Å². The molecule has 1 amide bonds. The molecule has 2 aliphatic rings. The zero-order valence-electron chi connectivity index (χ0n) is 13.4. The maximum absolute atomic E-state index is 12.5. The molecule has 1 aromatic rings. The summed E-state index contributed by atoms with van der Waals surface area (Å²) in [5, 5.41) is 10.3. The number of non-ortho nitro benzene ring substituents is 1. The van der Waals surface area contributed by atoms with Gasteiger partial charge in [0.05, 0.1) is 15.6 Å². The largest absolute Gasteiger partial charge is 0.456 e. The van der Waals surface area contributed by atoms with E-state index in [0.29, 0.717) is 16.2 Å². The molecule has 1 saturated heterocycles. The van der Waals surface area contributed by atoms with Gasteiger partial charge in [0.15, 0.2) is 10.8 Å². The van der Waals surface area contributed by atoms with E-state index in [2.05, 4.69) is 0 Å². The van der Waals surface area contributed by atoms with E-state index in [0.717, 1.165) is 11.8 Å². The lowest BCUT2D eigenvalue weighted by Crippen LogP contribution is -2.52. The summed E-state index contributed by atoms with van der Waals surface area (Å²) in [5.74, 6) is -0.885. The number of esters is 1. The quantitative estimate of drug-likeness (QED) is 0.237. The molecule has 0 N–H and O–H groups in total. The Kier molecular flexibility index (Phi) is 5.58. The molecule has 0 radical (unpaired) electrons. The van der Waals surface area contributed by atoms with Crippen molar-refractivity contribution in [1.29, 1.82) is 0 Å². The summed E-state index contributed by atoms with van der Waals surface area (Å²) in [4.78, 5) is 47.4. The van der Waals surface area contributed by atoms with Gasteiger partial charge >= 0.3 is 5.97 Å². The van der Waals surface area contributed by atoms with Gasteiger partial charge in [-0.2, -0.15) is 0 Å². The van der Waals surface area contributed by atoms with Crippen LogP contribution in [0.5, 0.6) is 0 Å². The van der Waals surface area contributed by atoms with Gasteiger partial charge in [-0.1, -0.05) is 10.8 Å². The Morgan fingerprint density at radius 1 is 1.38 bits per heavy atom. The maximum Gasteiger partial charge on any atom is 0.357 e. The highest BCUT2D eigenvalue weighted by Gasteiger charge is 2.47. The smallest absolute Gasteiger partial charge is 0.357 e. The fraction of sp³-hybridized carbons (Fsp3) is 0.267. The van der Waals surface area contributed by atoms with Crippen LogP contribution in [0.2, 0.25) is 0 Å². The number of hydrogen-bond acceptors (Lipinski definition) is 9. The van der Waals surface area contributed by atoms with Crippen molar-refractivity contribution in [3.05, 3.63) is 49.9 Å². The zero-order valence-corrected chi connectivity index (χ0v) is 15.8. The lowest BCUT2D eigenvalue weighted by atomic mass is 10.2. The highest BCUT2D eigenvalue weighted by atomic mass is 33.1. The minimum absolute atomic E-state index is 0.0577. The topological polar surface area (TPSA) is 107 Å². The van der Waals surface area contributed by atoms with Gasteiger partial charge < -0.3 is 4.74 Å². The van der Waals surface area contributed by atoms with Crippen molar-refractivity contribution < 1.29 is 24.0 Å². The first-order valence-corrected chi connectivity index (χ1v) is 10.4. The Labute approximate surface area is 160 Å². The molecule has 136 valence electrons. The summed E-state index contributed by atoms with van der Waals surface area (Å²) in [6.45, 7) is 1.29. The number of nitro groups is 1. The van der Waals surface area contributed by atoms with E-state index >= 15 is 0 Å². The van der Waals surface area contributed by atoms with Gasteiger partial charge in [-0.05, 0) is 40.3 Å². The van der Waals surface area contributed by atoms with E-state index in [-0.39, 0.29) is 34.4 Å². The van der Waals surface area contributed by atoms with E-state index in [1.807, 2.05) is 0 Å². The van der Waals surface area contributed by atoms with Crippen molar-refractivity contribution >= 4 is 56.0 Å². The first kappa shape index (κ1) is 18.8. The molecule has 0 aromatic heterocycles. The first-order chi connectivity index (χ1) is 12.4. The molecule has 8 nitrogen and oxygen atoms in total. The number of β-lactam (4-membered cyclic amide) rings is 1. The fourth-order valence-electron chi connectivity index (χ4n) is 2.28. The molecular formula is C15H12N2O6S3. The summed E-state index contributed by atoms with van der Waals surface area (Å²) >= 11 is 0.894. The number of hydrogen-bond donors (Lipinski definition) is 0. The number of ether oxygens (including phenoxy) is 1. The number of rotatable bonds is 5. The van der Waals surface area contributed by atoms with Gasteiger partial charge in [0, 0.05) is 19.1 Å². The van der Waals surface area contributed by atoms with Crippen molar-refractivity contribution in [2.75, 3.05) is 0 Å². The number of nitro benzene ring substituents is 1. The highest BCUT2D eigenvalue weighted by molar-refractivity contribution is 8.80. The lowest BCUT2D eigenvalue weighted by Gasteiger charge is -2.43. The van der Waals surface area contributed by atoms with Crippen LogP contribution in [0, 0.1) is 10.1 Å². The van der Waals surface area contributed by atoms with Crippen LogP contribution in [0.1, 0.15) is 18.9 Å². The fourth-order valence-corrected chi connectivity index (χ4v) is 6.24. The molecular weight excluding hydrogens is 400 g/mol. The van der Waals surface area contributed by atoms with Gasteiger partial charge in [0.2, 0.25) is 5.91 Å². The summed E-state index contributed by atoms with van der Waals surface area (Å²) in [7, 11) is 2.71. The average molecular weight is 412 g/mol. The SMILES string of the molecule is CC(=O)SC1=C(C(=O)OCc2ccc([N+](=O)[O-])cc2)N2C(=O)CC2SS1. The molecule has 26 heavy (non-hydrogen) atoms. The molecule has 2 aliphatic heterocycles. The van der Waals surface area contributed by atoms with E-state index in [1.54, 1.807) is 0 Å². The summed E-state index contributed by atoms with van der Waals surface area (Å²) in [6.07, 6.45) is 0.342. The first-order valence-electron chi connectivity index (χ1n) is 7.35. The maximum atomic E-state index is 12.5. The molecule has 1 unspecified atom stereocenters. The van der Waals surface area contributed by atoms with Crippen LogP contribution in [0.4, 0.5) is 5.69 Å². The Bertz CT molecular complexity index is 823. The molecule has 1 atom stereocenters. The Hall–Kier alpha value is -1.98. The highest BCUT2D eigenvalue weighted by Crippen LogP contribution is 2.53. The second kappa shape index (κ2) is 7.72. The van der Waals surface area contributed by atoms with Crippen molar-refractivity contribution in [1.82, 2.24) is 4.90 Å². The molecule has 0 saturated carbocycles. The normalized spacial score (nSPS) is 18.9. The zero-order chi connectivity index (χ0) is 18.8. The van der Waals surface area contributed by atoms with Gasteiger partial charge in [0.25, 0.3) is 5.69 Å². The minimum Gasteiger partial charge on any atom is -0.456 e. The Balaban J connectivity index is 1.74. The third-order valence-electron chi connectivity index (χ3n) is 3.52. The third kappa shape index (κ3) is 3.89. The molecule has 0 bridgehead atoms. The molecule has 2 heterocycles. The number of amides is 1. The van der Waals surface area contributed by atoms with Crippen LogP contribution >= 0.6 is 33.3 Å². The van der Waals surface area contributed by atoms with Crippen LogP contribution < -0.4 is 0 Å². The van der Waals surface area contributed by atoms with E-state index in [9.17, 15) is 24.5 Å². The van der Waals surface area contributed by atoms with Gasteiger partial charge in [-0.15, -0.1) is 0 Å². The minimum atomic E-state index is -0.696. The van der Waals surface area contributed by atoms with E-state index in [1.165, 1.54) is 57.7 Å². The summed E-state index contributed by atoms with van der Waals surface area (Å²) in [6, 6.07) is 5.63. The van der Waals surface area contributed by atoms with Crippen molar-refractivity contribution in [3.63, 3.8) is 0 Å². The van der Waals surface area contributed by atoms with Gasteiger partial charge in [0.1, 0.15) is 12.0 Å². The third-order valence-corrected chi connectivity index (χ3v) is 7.50. The van der Waals surface area contributed by atoms with Crippen molar-refractivity contribution in [3.8, 4) is 0 Å². The Morgan fingerprint density at radius 3 is 2.65 bits per heavy atom. The lowest BCUT2D eigenvalue weighted by molar-refractivity contribution is -0.384. The van der Waals surface area contributed by atoms with Crippen LogP contribution in [0.3, 0.4) is 0 Å². The van der Waals surface area contributed by atoms with Gasteiger partial charge in [-0.25, -0.2) is 4.79 Å². The van der Waals surface area contributed by atoms with E-state index < -0.39 is 10.9 Å². The number of fused-ring (bicyclic) bond motifs is 1. The number of carbonyl (C=O) groups excluding carboxylic acids is 3. The van der Waals surface area contributed by atoms with Crippen molar-refractivity contribution in [2.24, 2.45) is 0 Å². The number of benzene rings is 1. The van der Waals surface area contributed by atoms with Crippen LogP contribution in [0.15, 0.2) is 34.2 Å². The predicted molar refractivity (Wildman–Crippen MR) is 98.6 cm³/mol. The second-order valence-electron chi connectivity index (χ2n) is 5.33. The molecule has 0 spiro atoms. The van der Waals surface area contributed by atoms with Crippen LogP contribution in [-0.4, -0.2) is 32.2 Å². The Morgan fingerprint density at radius 2 is 2.08 bits per heavy atom. The summed E-state index contributed by atoms with van der Waals surface area (Å²) < 4.78 is 5.70. The van der Waals surface area contributed by atoms with E-state index in [4.69, 9.17) is 4.74 Å².